The predicted octanol–water partition coefficient (Wildman–Crippen LogP) is 1.29. The molecule has 20 heavy (non-hydrogen) atoms. The number of methoxy groups -OCH3 is 1. The molecule has 3 N–H and O–H groups in total. The molecule has 108 valence electrons. The van der Waals surface area contributed by atoms with Crippen LogP contribution < -0.4 is 10.5 Å². The van der Waals surface area contributed by atoms with Gasteiger partial charge >= 0.3 is 0 Å². The molecule has 0 radical (unpaired) electrons. The Kier molecular flexibility index (Phi) is 4.45. The lowest BCUT2D eigenvalue weighted by atomic mass is 9.96. The molecule has 6 nitrogen and oxygen atoms in total. The Morgan fingerprint density at radius 3 is 3.05 bits per heavy atom. The fourth-order valence-electron chi connectivity index (χ4n) is 2.42. The van der Waals surface area contributed by atoms with E-state index in [1.54, 1.807) is 36.3 Å². The van der Waals surface area contributed by atoms with Gasteiger partial charge in [0.1, 0.15) is 11.6 Å². The number of carbonyl (C=O) groups excluding carboxylic acids is 1. The number of benzene rings is 1. The molecule has 1 fully saturated rings. The second-order valence-corrected chi connectivity index (χ2v) is 4.85. The largest absolute Gasteiger partial charge is 0.497 e. The maximum Gasteiger partial charge on any atom is 0.254 e. The number of likely N-dealkylation sites (tertiary alicyclic amines) is 1. The van der Waals surface area contributed by atoms with E-state index in [9.17, 15) is 4.79 Å². The van der Waals surface area contributed by atoms with Crippen molar-refractivity contribution in [3.05, 3.63) is 29.8 Å². The van der Waals surface area contributed by atoms with Crippen molar-refractivity contribution in [3.63, 3.8) is 0 Å². The highest BCUT2D eigenvalue weighted by Gasteiger charge is 2.27. The van der Waals surface area contributed by atoms with E-state index in [1.165, 1.54) is 0 Å². The minimum atomic E-state index is -0.0803. The molecular formula is C14H19N3O3. The minimum absolute atomic E-state index is 0.0562. The van der Waals surface area contributed by atoms with E-state index in [0.717, 1.165) is 12.8 Å². The minimum Gasteiger partial charge on any atom is -0.497 e. The molecule has 1 saturated heterocycles. The zero-order chi connectivity index (χ0) is 14.5. The molecule has 0 aromatic heterocycles. The van der Waals surface area contributed by atoms with Crippen molar-refractivity contribution in [1.29, 1.82) is 0 Å². The van der Waals surface area contributed by atoms with Crippen LogP contribution in [0.1, 0.15) is 23.2 Å². The highest BCUT2D eigenvalue weighted by Crippen LogP contribution is 2.20. The predicted molar refractivity (Wildman–Crippen MR) is 75.0 cm³/mol. The standard InChI is InChI=1S/C14H19N3O3/c1-20-12-6-2-4-10(8-12)14(18)17-7-3-5-11(9-17)13(15)16-19/h2,4,6,8,11,19H,3,5,7,9H2,1H3,(H2,15,16). The van der Waals surface area contributed by atoms with Crippen LogP contribution in [0.15, 0.2) is 29.4 Å². The normalized spacial score (nSPS) is 19.8. The van der Waals surface area contributed by atoms with Crippen molar-refractivity contribution in [2.75, 3.05) is 20.2 Å². The smallest absolute Gasteiger partial charge is 0.254 e. The van der Waals surface area contributed by atoms with Crippen molar-refractivity contribution in [2.24, 2.45) is 16.8 Å². The number of oxime groups is 1. The van der Waals surface area contributed by atoms with Gasteiger partial charge in [-0.3, -0.25) is 4.79 Å². The van der Waals surface area contributed by atoms with Crippen LogP contribution in [0.4, 0.5) is 0 Å². The van der Waals surface area contributed by atoms with Gasteiger partial charge in [-0.25, -0.2) is 0 Å². The second kappa shape index (κ2) is 6.27. The van der Waals surface area contributed by atoms with Crippen molar-refractivity contribution in [3.8, 4) is 5.75 Å². The maximum atomic E-state index is 12.5. The fraction of sp³-hybridized carbons (Fsp3) is 0.429. The summed E-state index contributed by atoms with van der Waals surface area (Å²) in [5.41, 5.74) is 6.22. The van der Waals surface area contributed by atoms with Gasteiger partial charge in [0.05, 0.1) is 7.11 Å². The van der Waals surface area contributed by atoms with E-state index in [1.807, 2.05) is 0 Å². The van der Waals surface area contributed by atoms with Gasteiger partial charge in [0.2, 0.25) is 0 Å². The first-order valence-corrected chi connectivity index (χ1v) is 6.56. The molecule has 1 aromatic carbocycles. The number of hydrogen-bond donors (Lipinski definition) is 2. The van der Waals surface area contributed by atoms with Crippen LogP contribution in [0.5, 0.6) is 5.75 Å². The Hall–Kier alpha value is -2.24. The molecule has 1 aliphatic rings. The van der Waals surface area contributed by atoms with Gasteiger partial charge < -0.3 is 20.6 Å². The lowest BCUT2D eigenvalue weighted by molar-refractivity contribution is 0.0701. The van der Waals surface area contributed by atoms with Crippen LogP contribution >= 0.6 is 0 Å². The molecule has 1 aromatic rings. The number of amidine groups is 1. The average molecular weight is 277 g/mol. The number of hydrogen-bond acceptors (Lipinski definition) is 4. The van der Waals surface area contributed by atoms with Crippen molar-refractivity contribution >= 4 is 11.7 Å². The summed E-state index contributed by atoms with van der Waals surface area (Å²) in [4.78, 5) is 14.2. The molecule has 1 amide bonds. The van der Waals surface area contributed by atoms with E-state index in [4.69, 9.17) is 15.7 Å². The van der Waals surface area contributed by atoms with E-state index in [2.05, 4.69) is 5.16 Å². The van der Waals surface area contributed by atoms with Gasteiger partial charge in [-0.2, -0.15) is 0 Å². The number of amides is 1. The van der Waals surface area contributed by atoms with Gasteiger partial charge in [-0.05, 0) is 31.0 Å². The number of nitrogens with zero attached hydrogens (tertiary/aromatic N) is 2. The molecule has 0 spiro atoms. The van der Waals surface area contributed by atoms with Crippen molar-refractivity contribution in [2.45, 2.75) is 12.8 Å². The first-order chi connectivity index (χ1) is 9.65. The highest BCUT2D eigenvalue weighted by molar-refractivity contribution is 5.95. The van der Waals surface area contributed by atoms with E-state index >= 15 is 0 Å². The van der Waals surface area contributed by atoms with Crippen LogP contribution in [-0.4, -0.2) is 42.0 Å². The number of carbonyl (C=O) groups is 1. The summed E-state index contributed by atoms with van der Waals surface area (Å²) in [6, 6.07) is 7.07. The number of nitrogens with two attached hydrogens (primary N) is 1. The summed E-state index contributed by atoms with van der Waals surface area (Å²) in [7, 11) is 1.57. The lowest BCUT2D eigenvalue weighted by Gasteiger charge is -2.32. The van der Waals surface area contributed by atoms with Crippen LogP contribution in [-0.2, 0) is 0 Å². The highest BCUT2D eigenvalue weighted by atomic mass is 16.5. The van der Waals surface area contributed by atoms with Gasteiger partial charge in [-0.1, -0.05) is 11.2 Å². The number of piperidine rings is 1. The van der Waals surface area contributed by atoms with Crippen molar-refractivity contribution in [1.82, 2.24) is 4.90 Å². The first kappa shape index (κ1) is 14.2. The monoisotopic (exact) mass is 277 g/mol. The molecule has 2 rings (SSSR count). The summed E-state index contributed by atoms with van der Waals surface area (Å²) in [6.45, 7) is 1.16. The van der Waals surface area contributed by atoms with Gasteiger partial charge in [-0.15, -0.1) is 0 Å². The Bertz CT molecular complexity index is 516. The van der Waals surface area contributed by atoms with E-state index in [-0.39, 0.29) is 17.7 Å². The van der Waals surface area contributed by atoms with E-state index in [0.29, 0.717) is 24.4 Å². The summed E-state index contributed by atoms with van der Waals surface area (Å²) in [6.07, 6.45) is 1.67. The molecule has 1 unspecified atom stereocenters. The van der Waals surface area contributed by atoms with Crippen molar-refractivity contribution < 1.29 is 14.7 Å². The molecule has 0 bridgehead atoms. The Morgan fingerprint density at radius 2 is 2.35 bits per heavy atom. The summed E-state index contributed by atoms with van der Waals surface area (Å²) in [5.74, 6) is 0.705. The van der Waals surface area contributed by atoms with Crippen LogP contribution in [0.2, 0.25) is 0 Å². The van der Waals surface area contributed by atoms with Crippen LogP contribution in [0.3, 0.4) is 0 Å². The van der Waals surface area contributed by atoms with Gasteiger partial charge in [0, 0.05) is 24.6 Å². The molecule has 6 heteroatoms. The average Bonchev–Trinajstić information content (AvgIpc) is 2.53. The Balaban J connectivity index is 2.12. The van der Waals surface area contributed by atoms with E-state index < -0.39 is 0 Å². The summed E-state index contributed by atoms with van der Waals surface area (Å²) < 4.78 is 5.13. The first-order valence-electron chi connectivity index (χ1n) is 6.56. The second-order valence-electron chi connectivity index (χ2n) is 4.85. The zero-order valence-corrected chi connectivity index (χ0v) is 11.5. The van der Waals surface area contributed by atoms with Crippen LogP contribution in [0.25, 0.3) is 0 Å². The summed E-state index contributed by atoms with van der Waals surface area (Å²) in [5, 5.41) is 11.8. The third-order valence-electron chi connectivity index (χ3n) is 3.56. The Morgan fingerprint density at radius 1 is 1.55 bits per heavy atom. The fourth-order valence-corrected chi connectivity index (χ4v) is 2.42. The van der Waals surface area contributed by atoms with Gasteiger partial charge in [0.15, 0.2) is 0 Å². The molecule has 1 aliphatic heterocycles. The third-order valence-corrected chi connectivity index (χ3v) is 3.56. The Labute approximate surface area is 117 Å². The quantitative estimate of drug-likeness (QED) is 0.377. The summed E-state index contributed by atoms with van der Waals surface area (Å²) >= 11 is 0. The zero-order valence-electron chi connectivity index (χ0n) is 11.5. The van der Waals surface area contributed by atoms with Crippen LogP contribution in [0, 0.1) is 5.92 Å². The molecular weight excluding hydrogens is 258 g/mol. The SMILES string of the molecule is COc1cccc(C(=O)N2CCCC(C(N)=NO)C2)c1. The molecule has 1 heterocycles. The molecule has 1 atom stereocenters. The maximum absolute atomic E-state index is 12.5. The lowest BCUT2D eigenvalue weighted by Crippen LogP contribution is -2.44. The number of rotatable bonds is 3. The van der Waals surface area contributed by atoms with Gasteiger partial charge in [0.25, 0.3) is 5.91 Å². The molecule has 0 saturated carbocycles. The molecule has 0 aliphatic carbocycles. The third kappa shape index (κ3) is 3.01. The topological polar surface area (TPSA) is 88.2 Å². The number of ether oxygens (including phenoxy) is 1.